The van der Waals surface area contributed by atoms with Crippen molar-refractivity contribution in [2.24, 2.45) is 10.7 Å². The van der Waals surface area contributed by atoms with E-state index in [2.05, 4.69) is 24.7 Å². The second kappa shape index (κ2) is 11.1. The van der Waals surface area contributed by atoms with Gasteiger partial charge >= 0.3 is 0 Å². The number of piperazine rings is 1. The molecule has 0 radical (unpaired) electrons. The Balaban J connectivity index is 0.00000280. The van der Waals surface area contributed by atoms with Crippen LogP contribution in [-0.2, 0) is 4.79 Å². The summed E-state index contributed by atoms with van der Waals surface area (Å²) in [7, 11) is 3.66. The molecule has 3 rings (SSSR count). The highest BCUT2D eigenvalue weighted by Crippen LogP contribution is 2.20. The van der Waals surface area contributed by atoms with E-state index in [4.69, 9.17) is 5.73 Å². The molecule has 28 heavy (non-hydrogen) atoms. The van der Waals surface area contributed by atoms with Crippen LogP contribution in [0.5, 0.6) is 0 Å². The Hall–Kier alpha value is -1.14. The van der Waals surface area contributed by atoms with Gasteiger partial charge in [-0.2, -0.15) is 0 Å². The van der Waals surface area contributed by atoms with Crippen LogP contribution in [0.15, 0.2) is 16.6 Å². The summed E-state index contributed by atoms with van der Waals surface area (Å²) in [5.41, 5.74) is 6.19. The molecule has 2 N–H and O–H groups in total. The van der Waals surface area contributed by atoms with E-state index >= 15 is 0 Å². The number of hydrogen-bond acceptors (Lipinski definition) is 6. The number of aliphatic imine (C=N–C) groups is 1. The maximum atomic E-state index is 12.2. The average molecular weight is 521 g/mol. The molecule has 0 spiro atoms. The number of nitrogens with two attached hydrogens (primary N) is 1. The van der Waals surface area contributed by atoms with E-state index in [1.165, 1.54) is 0 Å². The Morgan fingerprint density at radius 2 is 2.07 bits per heavy atom. The number of likely N-dealkylation sites (tertiary alicyclic amines) is 1. The second-order valence-corrected chi connectivity index (χ2v) is 8.18. The van der Waals surface area contributed by atoms with Gasteiger partial charge in [0.05, 0.1) is 6.04 Å². The molecule has 0 aromatic carbocycles. The minimum absolute atomic E-state index is 0. The Bertz CT molecular complexity index is 632. The molecule has 1 atom stereocenters. The van der Waals surface area contributed by atoms with Gasteiger partial charge in [0.25, 0.3) is 0 Å². The van der Waals surface area contributed by atoms with Crippen molar-refractivity contribution in [3.05, 3.63) is 11.6 Å². The molecule has 0 bridgehead atoms. The number of hydrogen-bond donors (Lipinski definition) is 1. The smallest absolute Gasteiger partial charge is 0.239 e. The van der Waals surface area contributed by atoms with E-state index in [-0.39, 0.29) is 35.9 Å². The van der Waals surface area contributed by atoms with Crippen LogP contribution in [0.3, 0.4) is 0 Å². The van der Waals surface area contributed by atoms with Gasteiger partial charge in [-0.15, -0.1) is 35.3 Å². The van der Waals surface area contributed by atoms with Gasteiger partial charge in [0.15, 0.2) is 11.1 Å². The van der Waals surface area contributed by atoms with E-state index in [1.807, 2.05) is 25.7 Å². The highest BCUT2D eigenvalue weighted by molar-refractivity contribution is 14.0. The Morgan fingerprint density at radius 1 is 1.32 bits per heavy atom. The van der Waals surface area contributed by atoms with Crippen molar-refractivity contribution in [2.45, 2.75) is 25.3 Å². The third-order valence-corrected chi connectivity index (χ3v) is 6.09. The van der Waals surface area contributed by atoms with Crippen LogP contribution in [0.2, 0.25) is 0 Å². The van der Waals surface area contributed by atoms with Gasteiger partial charge in [-0.3, -0.25) is 14.7 Å². The normalized spacial score (nSPS) is 20.9. The molecule has 158 valence electrons. The van der Waals surface area contributed by atoms with E-state index < -0.39 is 0 Å². The first-order valence-electron chi connectivity index (χ1n) is 9.71. The van der Waals surface area contributed by atoms with Crippen LogP contribution in [0.4, 0.5) is 5.13 Å². The summed E-state index contributed by atoms with van der Waals surface area (Å²) in [6.07, 6.45) is 4.83. The lowest BCUT2D eigenvalue weighted by molar-refractivity contribution is -0.133. The van der Waals surface area contributed by atoms with Crippen molar-refractivity contribution < 1.29 is 4.79 Å². The van der Waals surface area contributed by atoms with Crippen LogP contribution >= 0.6 is 35.3 Å². The van der Waals surface area contributed by atoms with Gasteiger partial charge < -0.3 is 20.4 Å². The molecule has 0 saturated carbocycles. The van der Waals surface area contributed by atoms with Crippen molar-refractivity contribution in [1.82, 2.24) is 19.7 Å². The fourth-order valence-electron chi connectivity index (χ4n) is 3.74. The quantitative estimate of drug-likeness (QED) is 0.262. The monoisotopic (exact) mass is 521 g/mol. The number of guanidine groups is 1. The topological polar surface area (TPSA) is 81.3 Å². The molecular weight excluding hydrogens is 489 g/mol. The van der Waals surface area contributed by atoms with Crippen molar-refractivity contribution in [2.75, 3.05) is 64.8 Å². The average Bonchev–Trinajstić information content (AvgIpc) is 3.36. The maximum absolute atomic E-state index is 12.2. The number of nitrogens with zero attached hydrogens (tertiary/aromatic N) is 6. The highest BCUT2D eigenvalue weighted by atomic mass is 127. The summed E-state index contributed by atoms with van der Waals surface area (Å²) < 4.78 is 0. The Kier molecular flexibility index (Phi) is 9.22. The van der Waals surface area contributed by atoms with Crippen LogP contribution in [0, 0.1) is 0 Å². The van der Waals surface area contributed by atoms with Crippen molar-refractivity contribution >= 4 is 52.3 Å². The first-order valence-corrected chi connectivity index (χ1v) is 10.6. The van der Waals surface area contributed by atoms with Gasteiger partial charge in [0, 0.05) is 64.9 Å². The largest absolute Gasteiger partial charge is 0.370 e. The molecule has 2 saturated heterocycles. The van der Waals surface area contributed by atoms with Crippen molar-refractivity contribution in [3.8, 4) is 0 Å². The van der Waals surface area contributed by atoms with Crippen molar-refractivity contribution in [1.29, 1.82) is 0 Å². The van der Waals surface area contributed by atoms with Gasteiger partial charge in [0.1, 0.15) is 0 Å². The fraction of sp³-hybridized carbons (Fsp3) is 0.722. The number of anilines is 1. The second-order valence-electron chi connectivity index (χ2n) is 7.31. The van der Waals surface area contributed by atoms with Crippen molar-refractivity contribution in [3.63, 3.8) is 0 Å². The molecule has 10 heteroatoms. The first kappa shape index (κ1) is 23.1. The minimum atomic E-state index is 0. The summed E-state index contributed by atoms with van der Waals surface area (Å²) in [5, 5.41) is 3.09. The summed E-state index contributed by atoms with van der Waals surface area (Å²) in [4.78, 5) is 29.6. The highest BCUT2D eigenvalue weighted by Gasteiger charge is 2.31. The molecule has 3 heterocycles. The fourth-order valence-corrected chi connectivity index (χ4v) is 4.43. The molecule has 2 aliphatic rings. The van der Waals surface area contributed by atoms with Gasteiger partial charge in [-0.25, -0.2) is 4.98 Å². The Morgan fingerprint density at radius 3 is 2.71 bits per heavy atom. The Labute approximate surface area is 188 Å². The number of likely N-dealkylation sites (N-methyl/N-ethyl adjacent to an activating group) is 1. The summed E-state index contributed by atoms with van der Waals surface area (Å²) >= 11 is 1.67. The number of halogens is 1. The van der Waals surface area contributed by atoms with Gasteiger partial charge in [-0.05, 0) is 25.8 Å². The summed E-state index contributed by atoms with van der Waals surface area (Å²) in [5.74, 6) is 0.852. The molecule has 2 fully saturated rings. The zero-order valence-electron chi connectivity index (χ0n) is 16.8. The predicted molar refractivity (Wildman–Crippen MR) is 126 cm³/mol. The molecule has 1 amide bonds. The van der Waals surface area contributed by atoms with Crippen LogP contribution in [0.25, 0.3) is 0 Å². The SMILES string of the molecule is CN(C)C(=O)C1CCCN1CCCN=C(N)N1CCN(c2nccs2)CC1.I. The molecule has 1 aromatic rings. The lowest BCUT2D eigenvalue weighted by atomic mass is 10.2. The number of aromatic nitrogens is 1. The molecule has 1 unspecified atom stereocenters. The van der Waals surface area contributed by atoms with Gasteiger partial charge in [0.2, 0.25) is 5.91 Å². The van der Waals surface area contributed by atoms with Crippen LogP contribution < -0.4 is 10.6 Å². The maximum Gasteiger partial charge on any atom is 0.239 e. The van der Waals surface area contributed by atoms with E-state index in [9.17, 15) is 4.79 Å². The summed E-state index contributed by atoms with van der Waals surface area (Å²) in [6, 6.07) is 0.0419. The van der Waals surface area contributed by atoms with E-state index in [0.29, 0.717) is 12.5 Å². The third-order valence-electron chi connectivity index (χ3n) is 5.26. The lowest BCUT2D eigenvalue weighted by Gasteiger charge is -2.35. The predicted octanol–water partition coefficient (Wildman–Crippen LogP) is 1.14. The number of thiazole rings is 1. The summed E-state index contributed by atoms with van der Waals surface area (Å²) in [6.45, 7) is 6.21. The van der Waals surface area contributed by atoms with E-state index in [1.54, 1.807) is 16.2 Å². The third kappa shape index (κ3) is 5.93. The standard InChI is InChI=1S/C18H31N7OS.HI/c1-22(2)16(26)15-5-3-8-23(15)9-4-6-20-17(19)24-10-12-25(13-11-24)18-21-7-14-27-18;/h7,14-15H,3-6,8-13H2,1-2H3,(H2,19,20);1H. The zero-order chi connectivity index (χ0) is 19.2. The number of carbonyl (C=O) groups is 1. The lowest BCUT2D eigenvalue weighted by Crippen LogP contribution is -2.51. The molecule has 1 aromatic heterocycles. The minimum Gasteiger partial charge on any atom is -0.370 e. The molecule has 8 nitrogen and oxygen atoms in total. The molecular formula is C18H32IN7OS. The van der Waals surface area contributed by atoms with Crippen LogP contribution in [0.1, 0.15) is 19.3 Å². The number of amides is 1. The van der Waals surface area contributed by atoms with Crippen LogP contribution in [-0.4, -0.2) is 97.5 Å². The van der Waals surface area contributed by atoms with E-state index in [0.717, 1.165) is 63.7 Å². The zero-order valence-corrected chi connectivity index (χ0v) is 19.9. The number of carbonyl (C=O) groups excluding carboxylic acids is 1. The molecule has 2 aliphatic heterocycles. The molecule has 0 aliphatic carbocycles. The first-order chi connectivity index (χ1) is 13.1. The number of rotatable bonds is 6. The van der Waals surface area contributed by atoms with Gasteiger partial charge in [-0.1, -0.05) is 0 Å².